The summed E-state index contributed by atoms with van der Waals surface area (Å²) in [7, 11) is 1.61. The van der Waals surface area contributed by atoms with Gasteiger partial charge in [-0.3, -0.25) is 4.79 Å². The van der Waals surface area contributed by atoms with Crippen molar-refractivity contribution in [1.82, 2.24) is 0 Å². The molecule has 27 heavy (non-hydrogen) atoms. The second-order valence-corrected chi connectivity index (χ2v) is 5.44. The van der Waals surface area contributed by atoms with Gasteiger partial charge in [0.1, 0.15) is 18.1 Å². The Balaban J connectivity index is 1.85. The van der Waals surface area contributed by atoms with E-state index in [0.717, 1.165) is 0 Å². The summed E-state index contributed by atoms with van der Waals surface area (Å²) in [5, 5.41) is 2.80. The monoisotopic (exact) mass is 373 g/mol. The maximum Gasteiger partial charge on any atom is 0.344 e. The molecule has 0 saturated heterocycles. The van der Waals surface area contributed by atoms with Crippen molar-refractivity contribution in [3.63, 3.8) is 0 Å². The fraction of sp³-hybridized carbons (Fsp3) is 0.300. The standard InChI is InChI=1S/C20H23NO6/c1-3-25-19(22)14-27-18-10-6-16(7-11-18)21-20(23)15-4-8-17(9-5-15)26-13-12-24-2/h4-11H,3,12-14H2,1-2H3,(H,21,23). The number of benzene rings is 2. The summed E-state index contributed by atoms with van der Waals surface area (Å²) in [6.45, 7) is 2.84. The Morgan fingerprint density at radius 1 is 0.889 bits per heavy atom. The van der Waals surface area contributed by atoms with E-state index in [9.17, 15) is 9.59 Å². The number of carbonyl (C=O) groups excluding carboxylic acids is 2. The number of nitrogens with one attached hydrogen (secondary N) is 1. The van der Waals surface area contributed by atoms with Gasteiger partial charge in [0, 0.05) is 18.4 Å². The van der Waals surface area contributed by atoms with Crippen LogP contribution >= 0.6 is 0 Å². The lowest BCUT2D eigenvalue weighted by molar-refractivity contribution is -0.145. The van der Waals surface area contributed by atoms with Gasteiger partial charge in [0.15, 0.2) is 6.61 Å². The molecule has 0 aliphatic rings. The van der Waals surface area contributed by atoms with E-state index in [0.29, 0.717) is 42.6 Å². The number of esters is 1. The summed E-state index contributed by atoms with van der Waals surface area (Å²) in [5.74, 6) is 0.522. The lowest BCUT2D eigenvalue weighted by Crippen LogP contribution is -2.14. The molecule has 0 aromatic heterocycles. The van der Waals surface area contributed by atoms with Gasteiger partial charge in [0.25, 0.3) is 5.91 Å². The second-order valence-electron chi connectivity index (χ2n) is 5.44. The third-order valence-electron chi connectivity index (χ3n) is 3.45. The van der Waals surface area contributed by atoms with Crippen molar-refractivity contribution in [1.29, 1.82) is 0 Å². The first-order valence-corrected chi connectivity index (χ1v) is 8.54. The Hall–Kier alpha value is -3.06. The smallest absolute Gasteiger partial charge is 0.344 e. The minimum absolute atomic E-state index is 0.154. The average molecular weight is 373 g/mol. The summed E-state index contributed by atoms with van der Waals surface area (Å²) >= 11 is 0. The first-order chi connectivity index (χ1) is 13.1. The van der Waals surface area contributed by atoms with Crippen LogP contribution in [0.1, 0.15) is 17.3 Å². The number of carbonyl (C=O) groups is 2. The van der Waals surface area contributed by atoms with Crippen LogP contribution in [-0.4, -0.2) is 45.4 Å². The Morgan fingerprint density at radius 2 is 1.52 bits per heavy atom. The van der Waals surface area contributed by atoms with Gasteiger partial charge in [0.2, 0.25) is 0 Å². The van der Waals surface area contributed by atoms with E-state index >= 15 is 0 Å². The van der Waals surface area contributed by atoms with Crippen molar-refractivity contribution in [3.8, 4) is 11.5 Å². The number of anilines is 1. The van der Waals surface area contributed by atoms with E-state index < -0.39 is 5.97 Å². The number of methoxy groups -OCH3 is 1. The van der Waals surface area contributed by atoms with Gasteiger partial charge in [-0.25, -0.2) is 4.79 Å². The normalized spacial score (nSPS) is 10.1. The Morgan fingerprint density at radius 3 is 2.15 bits per heavy atom. The zero-order valence-electron chi connectivity index (χ0n) is 15.4. The van der Waals surface area contributed by atoms with Crippen LogP contribution < -0.4 is 14.8 Å². The Bertz CT molecular complexity index is 727. The van der Waals surface area contributed by atoms with Crippen molar-refractivity contribution in [3.05, 3.63) is 54.1 Å². The molecule has 1 N–H and O–H groups in total. The van der Waals surface area contributed by atoms with Crippen LogP contribution in [0.3, 0.4) is 0 Å². The van der Waals surface area contributed by atoms with Gasteiger partial charge in [0.05, 0.1) is 13.2 Å². The number of hydrogen-bond acceptors (Lipinski definition) is 6. The van der Waals surface area contributed by atoms with E-state index in [2.05, 4.69) is 5.32 Å². The highest BCUT2D eigenvalue weighted by molar-refractivity contribution is 6.04. The fourth-order valence-corrected chi connectivity index (χ4v) is 2.13. The summed E-state index contributed by atoms with van der Waals surface area (Å²) < 4.78 is 20.5. The molecule has 1 amide bonds. The van der Waals surface area contributed by atoms with E-state index in [1.807, 2.05) is 0 Å². The number of rotatable bonds is 10. The zero-order valence-corrected chi connectivity index (χ0v) is 15.4. The second kappa shape index (κ2) is 10.8. The van der Waals surface area contributed by atoms with Crippen LogP contribution in [0.4, 0.5) is 5.69 Å². The molecule has 2 aromatic rings. The lowest BCUT2D eigenvalue weighted by atomic mass is 10.2. The summed E-state index contributed by atoms with van der Waals surface area (Å²) in [6.07, 6.45) is 0. The first-order valence-electron chi connectivity index (χ1n) is 8.54. The Kier molecular flexibility index (Phi) is 8.12. The third kappa shape index (κ3) is 6.99. The molecule has 0 unspecified atom stereocenters. The molecule has 7 heteroatoms. The third-order valence-corrected chi connectivity index (χ3v) is 3.45. The van der Waals surface area contributed by atoms with E-state index in [4.69, 9.17) is 18.9 Å². The van der Waals surface area contributed by atoms with Crippen molar-refractivity contribution >= 4 is 17.6 Å². The van der Waals surface area contributed by atoms with Crippen LogP contribution in [0.25, 0.3) is 0 Å². The quantitative estimate of drug-likeness (QED) is 0.509. The highest BCUT2D eigenvalue weighted by Crippen LogP contribution is 2.18. The molecule has 0 atom stereocenters. The molecule has 0 aliphatic heterocycles. The largest absolute Gasteiger partial charge is 0.491 e. The van der Waals surface area contributed by atoms with E-state index in [1.54, 1.807) is 62.6 Å². The first kappa shape index (κ1) is 20.3. The summed E-state index contributed by atoms with van der Waals surface area (Å²) in [5.41, 5.74) is 1.13. The summed E-state index contributed by atoms with van der Waals surface area (Å²) in [6, 6.07) is 13.6. The number of amides is 1. The molecule has 2 rings (SSSR count). The molecule has 0 radical (unpaired) electrons. The van der Waals surface area contributed by atoms with Crippen LogP contribution in [-0.2, 0) is 14.3 Å². The molecular formula is C20H23NO6. The molecule has 0 heterocycles. The van der Waals surface area contributed by atoms with Crippen molar-refractivity contribution in [2.45, 2.75) is 6.92 Å². The SMILES string of the molecule is CCOC(=O)COc1ccc(NC(=O)c2ccc(OCCOC)cc2)cc1. The van der Waals surface area contributed by atoms with Crippen molar-refractivity contribution < 1.29 is 28.5 Å². The highest BCUT2D eigenvalue weighted by atomic mass is 16.6. The van der Waals surface area contributed by atoms with Crippen molar-refractivity contribution in [2.24, 2.45) is 0 Å². The molecule has 0 fully saturated rings. The van der Waals surface area contributed by atoms with Crippen LogP contribution in [0, 0.1) is 0 Å². The average Bonchev–Trinajstić information content (AvgIpc) is 2.68. The molecular weight excluding hydrogens is 350 g/mol. The molecule has 2 aromatic carbocycles. The van der Waals surface area contributed by atoms with Crippen LogP contribution in [0.15, 0.2) is 48.5 Å². The minimum Gasteiger partial charge on any atom is -0.491 e. The van der Waals surface area contributed by atoms with Gasteiger partial charge in [-0.2, -0.15) is 0 Å². The van der Waals surface area contributed by atoms with Gasteiger partial charge >= 0.3 is 5.97 Å². The highest BCUT2D eigenvalue weighted by Gasteiger charge is 2.07. The molecule has 0 bridgehead atoms. The van der Waals surface area contributed by atoms with E-state index in [1.165, 1.54) is 0 Å². The van der Waals surface area contributed by atoms with Crippen LogP contribution in [0.5, 0.6) is 11.5 Å². The zero-order chi connectivity index (χ0) is 19.5. The van der Waals surface area contributed by atoms with Gasteiger partial charge < -0.3 is 24.3 Å². The summed E-state index contributed by atoms with van der Waals surface area (Å²) in [4.78, 5) is 23.6. The molecule has 7 nitrogen and oxygen atoms in total. The van der Waals surface area contributed by atoms with E-state index in [-0.39, 0.29) is 12.5 Å². The minimum atomic E-state index is -0.426. The molecule has 0 saturated carbocycles. The van der Waals surface area contributed by atoms with Gasteiger partial charge in [-0.1, -0.05) is 0 Å². The number of hydrogen-bond donors (Lipinski definition) is 1. The van der Waals surface area contributed by atoms with Crippen molar-refractivity contribution in [2.75, 3.05) is 38.9 Å². The maximum absolute atomic E-state index is 12.3. The van der Waals surface area contributed by atoms with Gasteiger partial charge in [-0.05, 0) is 55.5 Å². The lowest BCUT2D eigenvalue weighted by Gasteiger charge is -2.09. The fourth-order valence-electron chi connectivity index (χ4n) is 2.13. The van der Waals surface area contributed by atoms with Crippen LogP contribution in [0.2, 0.25) is 0 Å². The number of ether oxygens (including phenoxy) is 4. The topological polar surface area (TPSA) is 83.1 Å². The molecule has 144 valence electrons. The predicted molar refractivity (Wildman–Crippen MR) is 100 cm³/mol. The Labute approximate surface area is 158 Å². The van der Waals surface area contributed by atoms with Gasteiger partial charge in [-0.15, -0.1) is 0 Å². The molecule has 0 aliphatic carbocycles. The maximum atomic E-state index is 12.3. The predicted octanol–water partition coefficient (Wildman–Crippen LogP) is 2.91. The molecule has 0 spiro atoms.